The number of esters is 2. The fourth-order valence-corrected chi connectivity index (χ4v) is 6.13. The Morgan fingerprint density at radius 3 is 1.17 bits per heavy atom. The van der Waals surface area contributed by atoms with Crippen molar-refractivity contribution in [2.45, 2.75) is 180 Å². The fourth-order valence-electron chi connectivity index (χ4n) is 6.13. The number of nitrogens with zero attached hydrogens (tertiary/aromatic N) is 1. The summed E-state index contributed by atoms with van der Waals surface area (Å²) in [5.74, 6) is -0.310. The molecule has 2 atom stereocenters. The summed E-state index contributed by atoms with van der Waals surface area (Å²) in [6.45, 7) is 5.87. The molecule has 0 bridgehead atoms. The molecule has 0 saturated carbocycles. The van der Waals surface area contributed by atoms with E-state index in [0.29, 0.717) is 30.4 Å². The number of likely N-dealkylation sites (tertiary alicyclic amines) is 1. The zero-order chi connectivity index (χ0) is 34.3. The number of halogens is 1. The molecule has 6 heteroatoms. The molecule has 0 aromatic rings. The summed E-state index contributed by atoms with van der Waals surface area (Å²) in [6.07, 6.45) is 44.1. The van der Waals surface area contributed by atoms with Crippen LogP contribution < -0.4 is 12.4 Å². The molecule has 0 aliphatic carbocycles. The van der Waals surface area contributed by atoms with Gasteiger partial charge in [0.1, 0.15) is 13.1 Å². The van der Waals surface area contributed by atoms with Gasteiger partial charge in [-0.3, -0.25) is 9.59 Å². The van der Waals surface area contributed by atoms with Crippen molar-refractivity contribution < 1.29 is 36.0 Å². The van der Waals surface area contributed by atoms with Crippen molar-refractivity contribution in [1.29, 1.82) is 0 Å². The topological polar surface area (TPSA) is 52.6 Å². The summed E-state index contributed by atoms with van der Waals surface area (Å²) in [5.41, 5.74) is 0. The lowest BCUT2D eigenvalue weighted by molar-refractivity contribution is -0.880. The number of ether oxygens (including phenoxy) is 2. The van der Waals surface area contributed by atoms with E-state index in [9.17, 15) is 9.59 Å². The maximum absolute atomic E-state index is 12.6. The van der Waals surface area contributed by atoms with Gasteiger partial charge in [0.2, 0.25) is 0 Å². The maximum Gasteiger partial charge on any atom is 0.306 e. The number of carbonyl (C=O) groups excluding carboxylic acids is 2. The van der Waals surface area contributed by atoms with Gasteiger partial charge in [0.15, 0.2) is 12.2 Å². The highest BCUT2D eigenvalue weighted by Crippen LogP contribution is 2.23. The zero-order valence-corrected chi connectivity index (χ0v) is 32.4. The molecule has 1 rings (SSSR count). The third-order valence-corrected chi connectivity index (χ3v) is 8.99. The third kappa shape index (κ3) is 28.0. The maximum atomic E-state index is 12.6. The van der Waals surface area contributed by atoms with Gasteiger partial charge >= 0.3 is 11.9 Å². The molecule has 0 aromatic heterocycles. The van der Waals surface area contributed by atoms with Crippen LogP contribution in [0.5, 0.6) is 0 Å². The van der Waals surface area contributed by atoms with E-state index in [4.69, 9.17) is 9.47 Å². The Kier molecular flexibility index (Phi) is 31.1. The normalized spacial score (nSPS) is 17.6. The largest absolute Gasteiger partial charge is 1.00 e. The first-order chi connectivity index (χ1) is 22.9. The van der Waals surface area contributed by atoms with Crippen LogP contribution in [0.1, 0.15) is 168 Å². The first-order valence-electron chi connectivity index (χ1n) is 19.7. The predicted octanol–water partition coefficient (Wildman–Crippen LogP) is 8.53. The SMILES string of the molecule is CCCCCC=CCC=CCCCCCCCC(=O)O[C@@H]1C[N+](C)(C)C[C@H]1OC(=O)CCCCCCCC=CCC=CCCCCC.[Cl-]. The van der Waals surface area contributed by atoms with Crippen LogP contribution in [0, 0.1) is 0 Å². The molecule has 1 fully saturated rings. The number of rotatable bonds is 30. The van der Waals surface area contributed by atoms with Crippen LogP contribution in [0.15, 0.2) is 48.6 Å². The van der Waals surface area contributed by atoms with Gasteiger partial charge in [0.05, 0.1) is 14.1 Å². The van der Waals surface area contributed by atoms with Gasteiger partial charge in [0.25, 0.3) is 0 Å². The van der Waals surface area contributed by atoms with Gasteiger partial charge in [0, 0.05) is 12.8 Å². The van der Waals surface area contributed by atoms with E-state index < -0.39 is 0 Å². The minimum absolute atomic E-state index is 0. The Hall–Kier alpha value is -1.85. The van der Waals surface area contributed by atoms with E-state index in [0.717, 1.165) is 64.2 Å². The van der Waals surface area contributed by atoms with Gasteiger partial charge in [-0.1, -0.05) is 127 Å². The minimum Gasteiger partial charge on any atom is -1.00 e. The molecular formula is C42H74ClNO4. The number of hydrogen-bond acceptors (Lipinski definition) is 4. The Labute approximate surface area is 303 Å². The summed E-state index contributed by atoms with van der Waals surface area (Å²) < 4.78 is 12.4. The molecule has 1 aliphatic heterocycles. The van der Waals surface area contributed by atoms with Gasteiger partial charge in [-0.15, -0.1) is 0 Å². The van der Waals surface area contributed by atoms with Crippen molar-refractivity contribution in [1.82, 2.24) is 0 Å². The van der Waals surface area contributed by atoms with Crippen LogP contribution in [0.4, 0.5) is 0 Å². The second kappa shape index (κ2) is 32.4. The number of unbranched alkanes of at least 4 members (excludes halogenated alkanes) is 16. The smallest absolute Gasteiger partial charge is 0.306 e. The molecule has 1 heterocycles. The summed E-state index contributed by atoms with van der Waals surface area (Å²) in [6, 6.07) is 0. The van der Waals surface area contributed by atoms with E-state index >= 15 is 0 Å². The molecule has 278 valence electrons. The van der Waals surface area contributed by atoms with Gasteiger partial charge in [-0.05, 0) is 77.0 Å². The predicted molar refractivity (Wildman–Crippen MR) is 200 cm³/mol. The zero-order valence-electron chi connectivity index (χ0n) is 31.6. The van der Waals surface area contributed by atoms with Crippen molar-refractivity contribution in [3.63, 3.8) is 0 Å². The van der Waals surface area contributed by atoms with Crippen LogP contribution in [0.2, 0.25) is 0 Å². The molecule has 1 saturated heterocycles. The van der Waals surface area contributed by atoms with Gasteiger partial charge < -0.3 is 26.4 Å². The highest BCUT2D eigenvalue weighted by Gasteiger charge is 2.45. The first-order valence-corrected chi connectivity index (χ1v) is 19.7. The summed E-state index contributed by atoms with van der Waals surface area (Å²) in [7, 11) is 4.21. The van der Waals surface area contributed by atoms with Crippen molar-refractivity contribution in [2.24, 2.45) is 0 Å². The highest BCUT2D eigenvalue weighted by atomic mass is 35.5. The molecule has 5 nitrogen and oxygen atoms in total. The van der Waals surface area contributed by atoms with Crippen molar-refractivity contribution in [3.05, 3.63) is 48.6 Å². The number of quaternary nitrogens is 1. The molecule has 0 radical (unpaired) electrons. The Morgan fingerprint density at radius 2 is 0.812 bits per heavy atom. The lowest BCUT2D eigenvalue weighted by Crippen LogP contribution is -3.00. The molecule has 0 N–H and O–H groups in total. The molecule has 0 aromatic carbocycles. The average Bonchev–Trinajstić information content (AvgIpc) is 3.32. The Balaban J connectivity index is 0.0000221. The Bertz CT molecular complexity index is 824. The van der Waals surface area contributed by atoms with E-state index in [-0.39, 0.29) is 36.6 Å². The number of hydrogen-bond donors (Lipinski definition) is 0. The fraction of sp³-hybridized carbons (Fsp3) is 0.762. The van der Waals surface area contributed by atoms with E-state index in [1.807, 2.05) is 0 Å². The van der Waals surface area contributed by atoms with E-state index in [2.05, 4.69) is 76.6 Å². The quantitative estimate of drug-likeness (QED) is 0.0328. The summed E-state index contributed by atoms with van der Waals surface area (Å²) in [4.78, 5) is 25.2. The first kappa shape index (κ1) is 46.1. The molecule has 0 spiro atoms. The Morgan fingerprint density at radius 1 is 0.500 bits per heavy atom. The third-order valence-electron chi connectivity index (χ3n) is 8.99. The lowest BCUT2D eigenvalue weighted by atomic mass is 10.1. The number of carbonyl (C=O) groups is 2. The van der Waals surface area contributed by atoms with Crippen molar-refractivity contribution in [3.8, 4) is 0 Å². The number of allylic oxidation sites excluding steroid dienone is 8. The van der Waals surface area contributed by atoms with Crippen molar-refractivity contribution in [2.75, 3.05) is 27.2 Å². The van der Waals surface area contributed by atoms with Gasteiger partial charge in [-0.25, -0.2) is 0 Å². The highest BCUT2D eigenvalue weighted by molar-refractivity contribution is 5.70. The minimum atomic E-state index is -0.343. The standard InChI is InChI=1S/C42H74NO4.ClH/c1-5-7-9-11-13-15-17-19-21-23-25-27-29-31-33-35-41(44)46-39-37-43(3,4)38-40(39)47-42(45)36-34-32-30-28-26-24-22-20-18-16-14-12-10-8-6-2;/h13-16,19-22,39-40H,5-12,17-18,23-38H2,1-4H3;1H/q+1;/p-1/t39-,40-;/m1./s1. The molecule has 1 aliphatic rings. The molecule has 0 amide bonds. The van der Waals surface area contributed by atoms with E-state index in [1.54, 1.807) is 0 Å². The number of likely N-dealkylation sites (N-methyl/N-ethyl adjacent to an activating group) is 1. The van der Waals surface area contributed by atoms with Crippen LogP contribution in [-0.4, -0.2) is 55.8 Å². The lowest BCUT2D eigenvalue weighted by Gasteiger charge is -2.22. The van der Waals surface area contributed by atoms with Crippen LogP contribution in [-0.2, 0) is 19.1 Å². The van der Waals surface area contributed by atoms with Crippen LogP contribution >= 0.6 is 0 Å². The van der Waals surface area contributed by atoms with Crippen molar-refractivity contribution >= 4 is 11.9 Å². The van der Waals surface area contributed by atoms with E-state index in [1.165, 1.54) is 77.0 Å². The monoisotopic (exact) mass is 692 g/mol. The molecular weight excluding hydrogens is 618 g/mol. The second-order valence-corrected chi connectivity index (χ2v) is 14.3. The average molecular weight is 693 g/mol. The second-order valence-electron chi connectivity index (χ2n) is 14.3. The van der Waals surface area contributed by atoms with Crippen LogP contribution in [0.25, 0.3) is 0 Å². The molecule has 48 heavy (non-hydrogen) atoms. The molecule has 0 unspecified atom stereocenters. The summed E-state index contributed by atoms with van der Waals surface area (Å²) >= 11 is 0. The van der Waals surface area contributed by atoms with Crippen LogP contribution in [0.3, 0.4) is 0 Å². The van der Waals surface area contributed by atoms with Gasteiger partial charge in [-0.2, -0.15) is 0 Å². The summed E-state index contributed by atoms with van der Waals surface area (Å²) in [5, 5.41) is 0.